The summed E-state index contributed by atoms with van der Waals surface area (Å²) in [4.78, 5) is 39.1. The Labute approximate surface area is 156 Å². The highest BCUT2D eigenvalue weighted by molar-refractivity contribution is 6.06. The average Bonchev–Trinajstić information content (AvgIpc) is 3.25. The highest BCUT2D eigenvalue weighted by atomic mass is 16.7. The first-order valence-corrected chi connectivity index (χ1v) is 9.35. The van der Waals surface area contributed by atoms with Crippen molar-refractivity contribution in [2.75, 3.05) is 18.7 Å². The molecule has 0 spiro atoms. The summed E-state index contributed by atoms with van der Waals surface area (Å²) < 4.78 is 10.5. The first kappa shape index (κ1) is 16.4. The number of carbonyl (C=O) groups excluding carboxylic acids is 3. The van der Waals surface area contributed by atoms with Crippen LogP contribution in [-0.4, -0.2) is 36.0 Å². The molecule has 1 saturated carbocycles. The zero-order valence-electron chi connectivity index (χ0n) is 14.7. The third-order valence-corrected chi connectivity index (χ3v) is 6.07. The number of nitrogens with zero attached hydrogens (tertiary/aromatic N) is 1. The van der Waals surface area contributed by atoms with E-state index in [2.05, 4.69) is 17.5 Å². The molecule has 2 aliphatic heterocycles. The monoisotopic (exact) mass is 368 g/mol. The third-order valence-electron chi connectivity index (χ3n) is 6.07. The van der Waals surface area contributed by atoms with Gasteiger partial charge in [0.15, 0.2) is 11.5 Å². The number of hydrogen-bond donors (Lipinski definition) is 1. The summed E-state index contributed by atoms with van der Waals surface area (Å²) in [5.41, 5.74) is 0.597. The number of likely N-dealkylation sites (tertiary alicyclic amines) is 1. The predicted octanol–water partition coefficient (Wildman–Crippen LogP) is 1.94. The second kappa shape index (κ2) is 6.11. The molecule has 1 saturated heterocycles. The molecule has 4 atom stereocenters. The summed E-state index contributed by atoms with van der Waals surface area (Å²) in [5, 5.41) is 2.78. The number of rotatable bonds is 4. The molecule has 1 N–H and O–H groups in total. The maximum absolute atomic E-state index is 12.7. The van der Waals surface area contributed by atoms with E-state index in [4.69, 9.17) is 9.47 Å². The Morgan fingerprint density at radius 1 is 1.04 bits per heavy atom. The van der Waals surface area contributed by atoms with Crippen molar-refractivity contribution >= 4 is 23.4 Å². The van der Waals surface area contributed by atoms with Crippen molar-refractivity contribution in [3.05, 3.63) is 30.4 Å². The molecule has 1 aromatic rings. The van der Waals surface area contributed by atoms with Gasteiger partial charge in [-0.3, -0.25) is 19.3 Å². The Hall–Kier alpha value is -2.83. The number of carbonyl (C=O) groups is 3. The Bertz CT molecular complexity index is 832. The average molecular weight is 368 g/mol. The van der Waals surface area contributed by atoms with Crippen LogP contribution in [0.1, 0.15) is 19.3 Å². The van der Waals surface area contributed by atoms with Crippen LogP contribution in [0.3, 0.4) is 0 Å². The van der Waals surface area contributed by atoms with E-state index in [-0.39, 0.29) is 61.2 Å². The van der Waals surface area contributed by atoms with Crippen molar-refractivity contribution < 1.29 is 23.9 Å². The molecule has 27 heavy (non-hydrogen) atoms. The molecule has 0 aromatic heterocycles. The van der Waals surface area contributed by atoms with Crippen molar-refractivity contribution in [1.29, 1.82) is 0 Å². The number of allylic oxidation sites excluding steroid dienone is 2. The van der Waals surface area contributed by atoms with E-state index in [1.807, 2.05) is 0 Å². The van der Waals surface area contributed by atoms with E-state index in [1.165, 1.54) is 4.90 Å². The SMILES string of the molecule is O=C(CCN1C(=O)[C@H]2[C@H](C1=O)[C@H]1C=C[C@H]2CC1)Nc1ccc2c(c1)OCO2. The number of amides is 3. The molecule has 7 heteroatoms. The molecular weight excluding hydrogens is 348 g/mol. The van der Waals surface area contributed by atoms with Crippen LogP contribution < -0.4 is 14.8 Å². The van der Waals surface area contributed by atoms with Gasteiger partial charge in [0.1, 0.15) is 0 Å². The molecule has 2 bridgehead atoms. The summed E-state index contributed by atoms with van der Waals surface area (Å²) in [6.07, 6.45) is 6.21. The Morgan fingerprint density at radius 2 is 1.70 bits per heavy atom. The second-order valence-corrected chi connectivity index (χ2v) is 7.54. The molecule has 0 radical (unpaired) electrons. The van der Waals surface area contributed by atoms with Crippen LogP contribution in [0.4, 0.5) is 5.69 Å². The fourth-order valence-electron chi connectivity index (χ4n) is 4.77. The maximum atomic E-state index is 12.7. The largest absolute Gasteiger partial charge is 0.454 e. The van der Waals surface area contributed by atoms with Gasteiger partial charge in [-0.2, -0.15) is 0 Å². The van der Waals surface area contributed by atoms with Gasteiger partial charge in [-0.05, 0) is 36.8 Å². The van der Waals surface area contributed by atoms with Gasteiger partial charge in [-0.25, -0.2) is 0 Å². The van der Waals surface area contributed by atoms with Gasteiger partial charge in [0.2, 0.25) is 24.5 Å². The predicted molar refractivity (Wildman–Crippen MR) is 94.9 cm³/mol. The van der Waals surface area contributed by atoms with E-state index in [9.17, 15) is 14.4 Å². The van der Waals surface area contributed by atoms with Crippen molar-refractivity contribution in [2.24, 2.45) is 23.7 Å². The summed E-state index contributed by atoms with van der Waals surface area (Å²) in [6, 6.07) is 5.17. The van der Waals surface area contributed by atoms with Crippen molar-refractivity contribution in [2.45, 2.75) is 19.3 Å². The fraction of sp³-hybridized carbons (Fsp3) is 0.450. The summed E-state index contributed by atoms with van der Waals surface area (Å²) in [5.74, 6) is 0.659. The van der Waals surface area contributed by atoms with Gasteiger partial charge in [-0.1, -0.05) is 12.2 Å². The fourth-order valence-corrected chi connectivity index (χ4v) is 4.77. The number of ether oxygens (including phenoxy) is 2. The van der Waals surface area contributed by atoms with Crippen LogP contribution in [0.25, 0.3) is 0 Å². The molecule has 3 amide bonds. The summed E-state index contributed by atoms with van der Waals surface area (Å²) in [6.45, 7) is 0.297. The van der Waals surface area contributed by atoms with Crippen LogP contribution in [0.5, 0.6) is 11.5 Å². The lowest BCUT2D eigenvalue weighted by atomic mass is 9.63. The number of benzene rings is 1. The smallest absolute Gasteiger partial charge is 0.233 e. The molecule has 2 heterocycles. The molecule has 3 aliphatic carbocycles. The Morgan fingerprint density at radius 3 is 2.37 bits per heavy atom. The second-order valence-electron chi connectivity index (χ2n) is 7.54. The van der Waals surface area contributed by atoms with Gasteiger partial charge in [0.05, 0.1) is 11.8 Å². The number of imide groups is 1. The lowest BCUT2D eigenvalue weighted by Gasteiger charge is -2.38. The first-order valence-electron chi connectivity index (χ1n) is 9.35. The number of anilines is 1. The maximum Gasteiger partial charge on any atom is 0.233 e. The number of hydrogen-bond acceptors (Lipinski definition) is 5. The van der Waals surface area contributed by atoms with Gasteiger partial charge in [0.25, 0.3) is 0 Å². The third kappa shape index (κ3) is 2.60. The van der Waals surface area contributed by atoms with Crippen molar-refractivity contribution in [3.8, 4) is 11.5 Å². The van der Waals surface area contributed by atoms with Crippen LogP contribution in [-0.2, 0) is 14.4 Å². The number of fused-ring (bicyclic) bond motifs is 2. The zero-order chi connectivity index (χ0) is 18.5. The molecule has 1 aromatic carbocycles. The van der Waals surface area contributed by atoms with Crippen molar-refractivity contribution in [3.63, 3.8) is 0 Å². The molecule has 140 valence electrons. The lowest BCUT2D eigenvalue weighted by molar-refractivity contribution is -0.140. The van der Waals surface area contributed by atoms with E-state index < -0.39 is 0 Å². The molecule has 5 aliphatic rings. The minimum Gasteiger partial charge on any atom is -0.454 e. The molecule has 2 fully saturated rings. The minimum atomic E-state index is -0.245. The van der Waals surface area contributed by atoms with E-state index >= 15 is 0 Å². The van der Waals surface area contributed by atoms with Crippen LogP contribution in [0.15, 0.2) is 30.4 Å². The standard InChI is InChI=1S/C20H20N2O5/c23-16(21-13-5-6-14-15(9-13)27-10-26-14)7-8-22-19(24)17-11-1-2-12(4-3-11)18(17)20(22)25/h1-2,5-6,9,11-12,17-18H,3-4,7-8,10H2,(H,21,23)/t11-,12-,17+,18+/m0/s1. The minimum absolute atomic E-state index is 0.0775. The normalized spacial score (nSPS) is 30.0. The van der Waals surface area contributed by atoms with E-state index in [1.54, 1.807) is 18.2 Å². The Kier molecular flexibility index (Phi) is 3.70. The van der Waals surface area contributed by atoms with Gasteiger partial charge >= 0.3 is 0 Å². The molecule has 6 rings (SSSR count). The van der Waals surface area contributed by atoms with Crippen LogP contribution >= 0.6 is 0 Å². The molecule has 0 unspecified atom stereocenters. The van der Waals surface area contributed by atoms with E-state index in [0.29, 0.717) is 17.2 Å². The zero-order valence-corrected chi connectivity index (χ0v) is 14.7. The molecular formula is C20H20N2O5. The lowest BCUT2D eigenvalue weighted by Crippen LogP contribution is -2.38. The highest BCUT2D eigenvalue weighted by Crippen LogP contribution is 2.49. The van der Waals surface area contributed by atoms with Crippen LogP contribution in [0, 0.1) is 23.7 Å². The van der Waals surface area contributed by atoms with Crippen LogP contribution in [0.2, 0.25) is 0 Å². The molecule has 7 nitrogen and oxygen atoms in total. The topological polar surface area (TPSA) is 84.9 Å². The quantitative estimate of drug-likeness (QED) is 0.649. The highest BCUT2D eigenvalue weighted by Gasteiger charge is 2.56. The summed E-state index contributed by atoms with van der Waals surface area (Å²) in [7, 11) is 0. The number of nitrogens with one attached hydrogen (secondary N) is 1. The van der Waals surface area contributed by atoms with Crippen molar-refractivity contribution in [1.82, 2.24) is 4.90 Å². The van der Waals surface area contributed by atoms with E-state index in [0.717, 1.165) is 12.8 Å². The summed E-state index contributed by atoms with van der Waals surface area (Å²) >= 11 is 0. The van der Waals surface area contributed by atoms with Gasteiger partial charge in [0, 0.05) is 24.7 Å². The van der Waals surface area contributed by atoms with Gasteiger partial charge < -0.3 is 14.8 Å². The first-order chi connectivity index (χ1) is 13.1. The Balaban J connectivity index is 1.22. The van der Waals surface area contributed by atoms with Gasteiger partial charge in [-0.15, -0.1) is 0 Å².